The van der Waals surface area contributed by atoms with Crippen molar-refractivity contribution in [2.24, 2.45) is 0 Å². The van der Waals surface area contributed by atoms with Crippen molar-refractivity contribution >= 4 is 30.0 Å². The van der Waals surface area contributed by atoms with Crippen LogP contribution in [0.15, 0.2) is 30.0 Å². The fraction of sp³-hybridized carbons (Fsp3) is 0.294. The third kappa shape index (κ3) is 4.82. The average molecular weight is 362 g/mol. The Hall–Kier alpha value is -3.36. The van der Waals surface area contributed by atoms with Crippen LogP contribution >= 0.6 is 0 Å². The van der Waals surface area contributed by atoms with Crippen LogP contribution in [0.2, 0.25) is 0 Å². The molecule has 0 aromatic heterocycles. The molecule has 0 atom stereocenters. The lowest BCUT2D eigenvalue weighted by Crippen LogP contribution is -2.36. The highest BCUT2D eigenvalue weighted by Crippen LogP contribution is 2.17. The topological polar surface area (TPSA) is 111 Å². The number of nitrogens with one attached hydrogen (secondary N) is 1. The van der Waals surface area contributed by atoms with Gasteiger partial charge in [-0.1, -0.05) is 12.1 Å². The summed E-state index contributed by atoms with van der Waals surface area (Å²) in [5.74, 6) is -1.33. The minimum absolute atomic E-state index is 0.0408. The van der Waals surface area contributed by atoms with Crippen molar-refractivity contribution in [1.82, 2.24) is 10.2 Å². The Morgan fingerprint density at radius 1 is 1.15 bits per heavy atom. The fourth-order valence-electron chi connectivity index (χ4n) is 2.08. The molecule has 1 N–H and O–H groups in total. The van der Waals surface area contributed by atoms with Gasteiger partial charge in [0.25, 0.3) is 5.91 Å². The number of esters is 2. The monoisotopic (exact) mass is 362 g/mol. The van der Waals surface area contributed by atoms with E-state index in [0.29, 0.717) is 11.3 Å². The first kappa shape index (κ1) is 19.0. The Bertz CT molecular complexity index is 740. The van der Waals surface area contributed by atoms with Crippen LogP contribution in [0.4, 0.5) is 4.79 Å². The van der Waals surface area contributed by atoms with E-state index in [1.807, 2.05) is 0 Å². The Morgan fingerprint density at radius 3 is 2.46 bits per heavy atom. The second kappa shape index (κ2) is 8.65. The van der Waals surface area contributed by atoms with Gasteiger partial charge < -0.3 is 19.5 Å². The van der Waals surface area contributed by atoms with E-state index in [2.05, 4.69) is 10.1 Å². The molecule has 0 radical (unpaired) electrons. The highest BCUT2D eigenvalue weighted by molar-refractivity contribution is 6.15. The van der Waals surface area contributed by atoms with Crippen LogP contribution < -0.4 is 10.1 Å². The van der Waals surface area contributed by atoms with Crippen molar-refractivity contribution in [2.75, 3.05) is 26.9 Å². The van der Waals surface area contributed by atoms with Crippen LogP contribution in [0.5, 0.6) is 5.75 Å². The van der Waals surface area contributed by atoms with Crippen molar-refractivity contribution in [3.63, 3.8) is 0 Å². The Balaban J connectivity index is 2.01. The van der Waals surface area contributed by atoms with E-state index in [1.54, 1.807) is 31.2 Å². The Kier molecular flexibility index (Phi) is 6.31. The van der Waals surface area contributed by atoms with E-state index >= 15 is 0 Å². The van der Waals surface area contributed by atoms with Crippen LogP contribution in [0, 0.1) is 0 Å². The maximum absolute atomic E-state index is 12.2. The van der Waals surface area contributed by atoms with Gasteiger partial charge in [0.1, 0.15) is 18.0 Å². The van der Waals surface area contributed by atoms with Gasteiger partial charge in [-0.2, -0.15) is 0 Å². The molecule has 0 saturated carbocycles. The normalized spacial score (nSPS) is 15.0. The summed E-state index contributed by atoms with van der Waals surface area (Å²) in [7, 11) is 1.17. The molecule has 1 aromatic rings. The Morgan fingerprint density at radius 2 is 1.85 bits per heavy atom. The fourth-order valence-corrected chi connectivity index (χ4v) is 2.08. The molecule has 0 aliphatic carbocycles. The van der Waals surface area contributed by atoms with Crippen molar-refractivity contribution < 1.29 is 33.4 Å². The molecule has 1 saturated heterocycles. The van der Waals surface area contributed by atoms with Gasteiger partial charge in [0.2, 0.25) is 0 Å². The molecule has 9 heteroatoms. The molecule has 1 aromatic carbocycles. The third-order valence-electron chi connectivity index (χ3n) is 3.33. The summed E-state index contributed by atoms with van der Waals surface area (Å²) in [6.07, 6.45) is 1.46. The molecular weight excluding hydrogens is 344 g/mol. The van der Waals surface area contributed by atoms with Gasteiger partial charge in [-0.05, 0) is 30.7 Å². The number of carbonyl (C=O) groups excluding carboxylic acids is 4. The molecule has 138 valence electrons. The average Bonchev–Trinajstić information content (AvgIpc) is 2.88. The van der Waals surface area contributed by atoms with Crippen molar-refractivity contribution in [3.8, 4) is 5.75 Å². The molecule has 9 nitrogen and oxygen atoms in total. The Labute approximate surface area is 149 Å². The SMILES string of the molecule is CCOC(=O)COc1ccc(C=C2NC(=O)N(CC(=O)OC)C2=O)cc1. The number of urea groups is 1. The number of hydrogen-bond donors (Lipinski definition) is 1. The smallest absolute Gasteiger partial charge is 0.344 e. The highest BCUT2D eigenvalue weighted by Gasteiger charge is 2.35. The van der Waals surface area contributed by atoms with Crippen LogP contribution in [0.3, 0.4) is 0 Å². The van der Waals surface area contributed by atoms with E-state index in [1.165, 1.54) is 13.2 Å². The number of methoxy groups -OCH3 is 1. The molecule has 1 aliphatic heterocycles. The number of amides is 3. The maximum Gasteiger partial charge on any atom is 0.344 e. The highest BCUT2D eigenvalue weighted by atomic mass is 16.6. The van der Waals surface area contributed by atoms with Gasteiger partial charge in [-0.3, -0.25) is 9.59 Å². The minimum Gasteiger partial charge on any atom is -0.482 e. The van der Waals surface area contributed by atoms with Crippen LogP contribution in [-0.2, 0) is 23.9 Å². The number of ether oxygens (including phenoxy) is 3. The van der Waals surface area contributed by atoms with E-state index < -0.39 is 30.4 Å². The third-order valence-corrected chi connectivity index (χ3v) is 3.33. The van der Waals surface area contributed by atoms with E-state index in [-0.39, 0.29) is 18.9 Å². The second-order valence-corrected chi connectivity index (χ2v) is 5.12. The lowest BCUT2D eigenvalue weighted by molar-refractivity contribution is -0.145. The first-order valence-corrected chi connectivity index (χ1v) is 7.74. The van der Waals surface area contributed by atoms with Crippen molar-refractivity contribution in [2.45, 2.75) is 6.92 Å². The lowest BCUT2D eigenvalue weighted by Gasteiger charge is -2.09. The van der Waals surface area contributed by atoms with Gasteiger partial charge in [-0.15, -0.1) is 0 Å². The molecule has 1 aliphatic rings. The zero-order valence-electron chi connectivity index (χ0n) is 14.3. The number of rotatable bonds is 7. The van der Waals surface area contributed by atoms with E-state index in [4.69, 9.17) is 9.47 Å². The number of nitrogens with zero attached hydrogens (tertiary/aromatic N) is 1. The maximum atomic E-state index is 12.2. The summed E-state index contributed by atoms with van der Waals surface area (Å²) in [5.41, 5.74) is 0.663. The van der Waals surface area contributed by atoms with Gasteiger partial charge >= 0.3 is 18.0 Å². The number of carbonyl (C=O) groups is 4. The van der Waals surface area contributed by atoms with Gasteiger partial charge in [0, 0.05) is 0 Å². The number of imide groups is 1. The summed E-state index contributed by atoms with van der Waals surface area (Å²) < 4.78 is 14.5. The van der Waals surface area contributed by atoms with E-state index in [9.17, 15) is 19.2 Å². The lowest BCUT2D eigenvalue weighted by atomic mass is 10.2. The van der Waals surface area contributed by atoms with Crippen molar-refractivity contribution in [3.05, 3.63) is 35.5 Å². The summed E-state index contributed by atoms with van der Waals surface area (Å²) in [6, 6.07) is 5.82. The van der Waals surface area contributed by atoms with Crippen LogP contribution in [0.25, 0.3) is 6.08 Å². The zero-order valence-corrected chi connectivity index (χ0v) is 14.3. The van der Waals surface area contributed by atoms with Gasteiger partial charge in [0.05, 0.1) is 13.7 Å². The molecule has 3 amide bonds. The predicted octanol–water partition coefficient (Wildman–Crippen LogP) is 0.694. The number of hydrogen-bond acceptors (Lipinski definition) is 7. The standard InChI is InChI=1S/C17H18N2O7/c1-3-25-15(21)10-26-12-6-4-11(5-7-12)8-13-16(22)19(17(23)18-13)9-14(20)24-2/h4-8H,3,9-10H2,1-2H3,(H,18,23). The van der Waals surface area contributed by atoms with Gasteiger partial charge in [-0.25, -0.2) is 14.5 Å². The van der Waals surface area contributed by atoms with Crippen molar-refractivity contribution in [1.29, 1.82) is 0 Å². The quantitative estimate of drug-likeness (QED) is 0.432. The first-order chi connectivity index (χ1) is 12.4. The molecule has 0 bridgehead atoms. The van der Waals surface area contributed by atoms with Crippen LogP contribution in [-0.4, -0.2) is 55.6 Å². The van der Waals surface area contributed by atoms with Gasteiger partial charge in [0.15, 0.2) is 6.61 Å². The zero-order chi connectivity index (χ0) is 19.1. The molecule has 1 heterocycles. The summed E-state index contributed by atoms with van der Waals surface area (Å²) in [4.78, 5) is 47.2. The molecule has 1 fully saturated rings. The summed E-state index contributed by atoms with van der Waals surface area (Å²) in [5, 5.41) is 2.40. The summed E-state index contributed by atoms with van der Waals surface area (Å²) >= 11 is 0. The molecule has 26 heavy (non-hydrogen) atoms. The predicted molar refractivity (Wildman–Crippen MR) is 88.8 cm³/mol. The second-order valence-electron chi connectivity index (χ2n) is 5.12. The van der Waals surface area contributed by atoms with E-state index in [0.717, 1.165) is 4.90 Å². The molecule has 0 spiro atoms. The first-order valence-electron chi connectivity index (χ1n) is 7.74. The van der Waals surface area contributed by atoms with Crippen LogP contribution in [0.1, 0.15) is 12.5 Å². The molecule has 2 rings (SSSR count). The molecule has 0 unspecified atom stereocenters. The largest absolute Gasteiger partial charge is 0.482 e. The number of benzene rings is 1. The summed E-state index contributed by atoms with van der Waals surface area (Å²) in [6.45, 7) is 1.32. The molecular formula is C17H18N2O7. The minimum atomic E-state index is -0.696.